The largest absolute Gasteiger partial charge is 0.354 e. The summed E-state index contributed by atoms with van der Waals surface area (Å²) in [5.41, 5.74) is 1.63. The number of benzene rings is 3. The van der Waals surface area contributed by atoms with Crippen molar-refractivity contribution in [2.45, 2.75) is 38.8 Å². The molecule has 0 aliphatic heterocycles. The molecule has 3 aromatic rings. The monoisotopic (exact) mass is 667 g/mol. The number of nitrogens with zero attached hydrogens (tertiary/aromatic N) is 2. The number of amides is 2. The van der Waals surface area contributed by atoms with Crippen LogP contribution in [-0.4, -0.2) is 50.5 Å². The van der Waals surface area contributed by atoms with Crippen LogP contribution < -0.4 is 9.62 Å². The van der Waals surface area contributed by atoms with Crippen molar-refractivity contribution >= 4 is 66.7 Å². The minimum absolute atomic E-state index is 0.0893. The molecule has 0 spiro atoms. The molecule has 0 saturated heterocycles. The van der Waals surface area contributed by atoms with Gasteiger partial charge in [-0.15, -0.1) is 0 Å². The zero-order valence-electron chi connectivity index (χ0n) is 22.3. The van der Waals surface area contributed by atoms with E-state index >= 15 is 0 Å². The van der Waals surface area contributed by atoms with Gasteiger partial charge in [-0.3, -0.25) is 13.9 Å². The Morgan fingerprint density at radius 3 is 2.15 bits per heavy atom. The number of hydrogen-bond donors (Lipinski definition) is 1. The average Bonchev–Trinajstić information content (AvgIpc) is 2.91. The number of carbonyl (C=O) groups is 2. The number of carbonyl (C=O) groups excluding carboxylic acids is 2. The van der Waals surface area contributed by atoms with Gasteiger partial charge in [-0.1, -0.05) is 88.9 Å². The lowest BCUT2D eigenvalue weighted by Crippen LogP contribution is -2.53. The lowest BCUT2D eigenvalue weighted by Gasteiger charge is -2.34. The number of hydrogen-bond acceptors (Lipinski definition) is 4. The van der Waals surface area contributed by atoms with E-state index in [0.717, 1.165) is 33.4 Å². The van der Waals surface area contributed by atoms with E-state index in [1.165, 1.54) is 4.90 Å². The Bertz CT molecular complexity index is 1390. The molecule has 0 aromatic heterocycles. The van der Waals surface area contributed by atoms with E-state index in [2.05, 4.69) is 21.2 Å². The van der Waals surface area contributed by atoms with Crippen molar-refractivity contribution < 1.29 is 18.0 Å². The molecule has 3 aromatic carbocycles. The topological polar surface area (TPSA) is 86.8 Å². The molecule has 3 rings (SSSR count). The zero-order chi connectivity index (χ0) is 29.3. The molecule has 0 heterocycles. The molecular weight excluding hydrogens is 637 g/mol. The number of sulfonamides is 1. The molecule has 11 heteroatoms. The van der Waals surface area contributed by atoms with Crippen molar-refractivity contribution in [2.24, 2.45) is 0 Å². The zero-order valence-corrected chi connectivity index (χ0v) is 26.2. The summed E-state index contributed by atoms with van der Waals surface area (Å²) in [5.74, 6) is -0.917. The number of nitrogens with one attached hydrogen (secondary N) is 1. The predicted molar refractivity (Wildman–Crippen MR) is 165 cm³/mol. The van der Waals surface area contributed by atoms with Crippen LogP contribution in [0.15, 0.2) is 77.3 Å². The van der Waals surface area contributed by atoms with Gasteiger partial charge in [0.25, 0.3) is 0 Å². The molecule has 0 saturated carbocycles. The van der Waals surface area contributed by atoms with Gasteiger partial charge in [-0.25, -0.2) is 8.42 Å². The third-order valence-corrected chi connectivity index (χ3v) is 8.66. The molecule has 1 unspecified atom stereocenters. The molecule has 0 fully saturated rings. The average molecular weight is 669 g/mol. The Morgan fingerprint density at radius 2 is 1.57 bits per heavy atom. The minimum Gasteiger partial charge on any atom is -0.354 e. The highest BCUT2D eigenvalue weighted by Gasteiger charge is 2.33. The van der Waals surface area contributed by atoms with E-state index in [-0.39, 0.29) is 18.9 Å². The second-order valence-corrected chi connectivity index (χ2v) is 13.0. The number of unbranched alkanes of at least 4 members (excludes halogenated alkanes) is 1. The van der Waals surface area contributed by atoms with Crippen LogP contribution in [0.25, 0.3) is 0 Å². The van der Waals surface area contributed by atoms with Crippen molar-refractivity contribution in [1.29, 1.82) is 0 Å². The Morgan fingerprint density at radius 1 is 0.950 bits per heavy atom. The van der Waals surface area contributed by atoms with Crippen molar-refractivity contribution in [3.8, 4) is 0 Å². The summed E-state index contributed by atoms with van der Waals surface area (Å²) in [6.45, 7) is 1.86. The Hall–Kier alpha value is -2.59. The van der Waals surface area contributed by atoms with Crippen LogP contribution in [0.1, 0.15) is 30.9 Å². The van der Waals surface area contributed by atoms with Crippen LogP contribution in [0.2, 0.25) is 10.0 Å². The number of halogens is 3. The van der Waals surface area contributed by atoms with E-state index in [0.29, 0.717) is 27.8 Å². The normalized spacial score (nSPS) is 12.0. The molecule has 1 atom stereocenters. The standard InChI is InChI=1S/C29H32BrCl2N3O4S/c1-3-4-17-33-29(37)27(18-21-9-6-5-7-10-21)34(19-24-25(31)11-8-12-26(24)32)28(36)20-35(40(2,38)39)23-15-13-22(30)14-16-23/h5-16,27H,3-4,17-20H2,1-2H3,(H,33,37). The van der Waals surface area contributed by atoms with Crippen molar-refractivity contribution in [2.75, 3.05) is 23.7 Å². The van der Waals surface area contributed by atoms with Gasteiger partial charge in [0.05, 0.1) is 11.9 Å². The Labute approximate surface area is 254 Å². The summed E-state index contributed by atoms with van der Waals surface area (Å²) in [6.07, 6.45) is 2.91. The van der Waals surface area contributed by atoms with Gasteiger partial charge < -0.3 is 10.2 Å². The summed E-state index contributed by atoms with van der Waals surface area (Å²) in [6, 6.07) is 20.0. The summed E-state index contributed by atoms with van der Waals surface area (Å²) in [4.78, 5) is 29.1. The highest BCUT2D eigenvalue weighted by molar-refractivity contribution is 9.10. The van der Waals surface area contributed by atoms with Crippen molar-refractivity contribution in [3.63, 3.8) is 0 Å². The maximum Gasteiger partial charge on any atom is 0.244 e. The molecule has 0 aliphatic carbocycles. The van der Waals surface area contributed by atoms with Crippen molar-refractivity contribution in [3.05, 3.63) is 98.4 Å². The van der Waals surface area contributed by atoms with Gasteiger partial charge in [0, 0.05) is 39.6 Å². The van der Waals surface area contributed by atoms with Crippen LogP contribution in [0.3, 0.4) is 0 Å². The van der Waals surface area contributed by atoms with Gasteiger partial charge in [0.15, 0.2) is 0 Å². The molecule has 0 radical (unpaired) electrons. The summed E-state index contributed by atoms with van der Waals surface area (Å²) >= 11 is 16.3. The lowest BCUT2D eigenvalue weighted by atomic mass is 10.0. The van der Waals surface area contributed by atoms with E-state index < -0.39 is 28.5 Å². The fraction of sp³-hybridized carbons (Fsp3) is 0.310. The SMILES string of the molecule is CCCCNC(=O)C(Cc1ccccc1)N(Cc1c(Cl)cccc1Cl)C(=O)CN(c1ccc(Br)cc1)S(C)(=O)=O. The number of rotatable bonds is 13. The molecular formula is C29H32BrCl2N3O4S. The maximum atomic E-state index is 14.1. The van der Waals surface area contributed by atoms with Crippen LogP contribution in [0.4, 0.5) is 5.69 Å². The summed E-state index contributed by atoms with van der Waals surface area (Å²) in [7, 11) is -3.85. The van der Waals surface area contributed by atoms with Crippen LogP contribution in [-0.2, 0) is 32.6 Å². The first kappa shape index (κ1) is 31.9. The van der Waals surface area contributed by atoms with E-state index in [1.54, 1.807) is 42.5 Å². The van der Waals surface area contributed by atoms with Gasteiger partial charge >= 0.3 is 0 Å². The van der Waals surface area contributed by atoms with Crippen molar-refractivity contribution in [1.82, 2.24) is 10.2 Å². The molecule has 40 heavy (non-hydrogen) atoms. The molecule has 0 bridgehead atoms. The van der Waals surface area contributed by atoms with Crippen LogP contribution >= 0.6 is 39.1 Å². The molecule has 7 nitrogen and oxygen atoms in total. The Balaban J connectivity index is 2.07. The van der Waals surface area contributed by atoms with E-state index in [1.807, 2.05) is 37.3 Å². The van der Waals surface area contributed by atoms with Gasteiger partial charge in [0.2, 0.25) is 21.8 Å². The number of anilines is 1. The first-order valence-corrected chi connectivity index (χ1v) is 16.2. The third kappa shape index (κ3) is 8.96. The van der Waals surface area contributed by atoms with Gasteiger partial charge in [0.1, 0.15) is 12.6 Å². The minimum atomic E-state index is -3.85. The molecule has 1 N–H and O–H groups in total. The first-order valence-electron chi connectivity index (χ1n) is 12.8. The summed E-state index contributed by atoms with van der Waals surface area (Å²) < 4.78 is 27.5. The van der Waals surface area contributed by atoms with Crippen LogP contribution in [0, 0.1) is 0 Å². The second-order valence-electron chi connectivity index (χ2n) is 9.32. The van der Waals surface area contributed by atoms with E-state index in [9.17, 15) is 18.0 Å². The summed E-state index contributed by atoms with van der Waals surface area (Å²) in [5, 5.41) is 3.61. The fourth-order valence-corrected chi connectivity index (χ4v) is 5.77. The molecule has 214 valence electrons. The smallest absolute Gasteiger partial charge is 0.244 e. The highest BCUT2D eigenvalue weighted by atomic mass is 79.9. The quantitative estimate of drug-likeness (QED) is 0.224. The van der Waals surface area contributed by atoms with Crippen LogP contribution in [0.5, 0.6) is 0 Å². The van der Waals surface area contributed by atoms with Gasteiger partial charge in [-0.05, 0) is 48.4 Å². The third-order valence-electron chi connectivity index (χ3n) is 6.28. The van der Waals surface area contributed by atoms with Gasteiger partial charge in [-0.2, -0.15) is 0 Å². The fourth-order valence-electron chi connectivity index (χ4n) is 4.13. The highest BCUT2D eigenvalue weighted by Crippen LogP contribution is 2.28. The predicted octanol–water partition coefficient (Wildman–Crippen LogP) is 6.08. The Kier molecular flexibility index (Phi) is 11.9. The first-order chi connectivity index (χ1) is 19.0. The second kappa shape index (κ2) is 14.9. The maximum absolute atomic E-state index is 14.1. The van der Waals surface area contributed by atoms with E-state index in [4.69, 9.17) is 23.2 Å². The molecule has 0 aliphatic rings. The lowest BCUT2D eigenvalue weighted by molar-refractivity contribution is -0.140. The molecule has 2 amide bonds.